The van der Waals surface area contributed by atoms with Crippen molar-refractivity contribution in [2.75, 3.05) is 0 Å². The van der Waals surface area contributed by atoms with Crippen molar-refractivity contribution in [1.29, 1.82) is 0 Å². The normalized spacial score (nSPS) is 12.3. The van der Waals surface area contributed by atoms with Gasteiger partial charge in [-0.2, -0.15) is 0 Å². The summed E-state index contributed by atoms with van der Waals surface area (Å²) in [4.78, 5) is 36.9. The van der Waals surface area contributed by atoms with Gasteiger partial charge in [-0.15, -0.1) is 0 Å². The van der Waals surface area contributed by atoms with E-state index in [1.165, 1.54) is 6.08 Å². The quantitative estimate of drug-likeness (QED) is 0.598. The minimum absolute atomic E-state index is 0.0169. The first-order chi connectivity index (χ1) is 13.8. The van der Waals surface area contributed by atoms with Crippen LogP contribution in [0.2, 0.25) is 0 Å². The summed E-state index contributed by atoms with van der Waals surface area (Å²) in [6, 6.07) is 14.9. The van der Waals surface area contributed by atoms with Crippen LogP contribution in [0.15, 0.2) is 60.3 Å². The summed E-state index contributed by atoms with van der Waals surface area (Å²) >= 11 is 0. The molecule has 0 radical (unpaired) electrons. The van der Waals surface area contributed by atoms with E-state index in [1.807, 2.05) is 39.0 Å². The molecule has 1 unspecified atom stereocenters. The number of carbonyl (C=O) groups excluding carboxylic acids is 2. The summed E-state index contributed by atoms with van der Waals surface area (Å²) in [6.07, 6.45) is 1.81. The van der Waals surface area contributed by atoms with Crippen LogP contribution in [-0.2, 0) is 9.59 Å². The summed E-state index contributed by atoms with van der Waals surface area (Å²) in [7, 11) is 0. The Labute approximate surface area is 170 Å². The van der Waals surface area contributed by atoms with Crippen LogP contribution in [0.1, 0.15) is 41.8 Å². The maximum atomic E-state index is 12.8. The van der Waals surface area contributed by atoms with E-state index in [0.717, 1.165) is 5.56 Å². The fourth-order valence-corrected chi connectivity index (χ4v) is 2.70. The molecule has 0 saturated heterocycles. The summed E-state index contributed by atoms with van der Waals surface area (Å²) in [6.45, 7) is 5.67. The number of rotatable bonds is 8. The largest absolute Gasteiger partial charge is 0.480 e. The van der Waals surface area contributed by atoms with Gasteiger partial charge in [0.15, 0.2) is 0 Å². The molecule has 0 aliphatic carbocycles. The average molecular weight is 394 g/mol. The second-order valence-electron chi connectivity index (χ2n) is 7.28. The molecule has 2 amide bonds. The Bertz CT molecular complexity index is 887. The lowest BCUT2D eigenvalue weighted by atomic mass is 10.0. The van der Waals surface area contributed by atoms with E-state index in [0.29, 0.717) is 11.1 Å². The first-order valence-electron chi connectivity index (χ1n) is 9.44. The Morgan fingerprint density at radius 3 is 2.17 bits per heavy atom. The number of hydrogen-bond acceptors (Lipinski definition) is 3. The topological polar surface area (TPSA) is 95.5 Å². The van der Waals surface area contributed by atoms with Crippen molar-refractivity contribution in [2.24, 2.45) is 5.92 Å². The first-order valence-corrected chi connectivity index (χ1v) is 9.44. The summed E-state index contributed by atoms with van der Waals surface area (Å²) in [5.74, 6) is -2.13. The minimum atomic E-state index is -1.11. The first kappa shape index (κ1) is 21.9. The predicted octanol–water partition coefficient (Wildman–Crippen LogP) is 3.38. The summed E-state index contributed by atoms with van der Waals surface area (Å²) in [5.41, 5.74) is 2.10. The van der Waals surface area contributed by atoms with Crippen LogP contribution in [-0.4, -0.2) is 28.9 Å². The number of aliphatic carboxylic acids is 1. The van der Waals surface area contributed by atoms with E-state index < -0.39 is 23.8 Å². The van der Waals surface area contributed by atoms with Crippen LogP contribution in [0.4, 0.5) is 0 Å². The van der Waals surface area contributed by atoms with Crippen LogP contribution < -0.4 is 10.6 Å². The lowest BCUT2D eigenvalue weighted by Gasteiger charge is -2.18. The molecule has 2 rings (SSSR count). The van der Waals surface area contributed by atoms with Crippen molar-refractivity contribution in [1.82, 2.24) is 10.6 Å². The highest BCUT2D eigenvalue weighted by Crippen LogP contribution is 2.10. The zero-order valence-corrected chi connectivity index (χ0v) is 16.8. The highest BCUT2D eigenvalue weighted by Gasteiger charge is 2.24. The molecule has 0 aromatic heterocycles. The molecule has 0 bridgehead atoms. The SMILES string of the molecule is Cc1ccc(C(=O)NC(=Cc2ccccc2)C(=O)NC(CC(C)C)C(=O)O)cc1. The van der Waals surface area contributed by atoms with E-state index >= 15 is 0 Å². The third kappa shape index (κ3) is 6.92. The van der Waals surface area contributed by atoms with Gasteiger partial charge in [0.25, 0.3) is 11.8 Å². The molecule has 0 spiro atoms. The molecule has 152 valence electrons. The molecular weight excluding hydrogens is 368 g/mol. The van der Waals surface area contributed by atoms with Gasteiger partial charge in [-0.05, 0) is 43.0 Å². The molecule has 6 nitrogen and oxygen atoms in total. The summed E-state index contributed by atoms with van der Waals surface area (Å²) in [5, 5.41) is 14.5. The molecule has 0 fully saturated rings. The highest BCUT2D eigenvalue weighted by atomic mass is 16.4. The van der Waals surface area contributed by atoms with E-state index in [9.17, 15) is 19.5 Å². The number of amides is 2. The van der Waals surface area contributed by atoms with Crippen LogP contribution >= 0.6 is 0 Å². The molecule has 0 aliphatic rings. The third-order valence-electron chi connectivity index (χ3n) is 4.23. The Hall–Kier alpha value is -3.41. The van der Waals surface area contributed by atoms with Crippen molar-refractivity contribution >= 4 is 23.9 Å². The van der Waals surface area contributed by atoms with Crippen molar-refractivity contribution in [3.63, 3.8) is 0 Å². The van der Waals surface area contributed by atoms with Gasteiger partial charge in [-0.1, -0.05) is 61.9 Å². The van der Waals surface area contributed by atoms with Gasteiger partial charge in [0.05, 0.1) is 0 Å². The van der Waals surface area contributed by atoms with Crippen LogP contribution in [0.25, 0.3) is 6.08 Å². The van der Waals surface area contributed by atoms with Crippen LogP contribution in [0, 0.1) is 12.8 Å². The van der Waals surface area contributed by atoms with Gasteiger partial charge in [0.2, 0.25) is 0 Å². The summed E-state index contributed by atoms with van der Waals surface area (Å²) < 4.78 is 0. The van der Waals surface area contributed by atoms with Gasteiger partial charge >= 0.3 is 5.97 Å². The molecule has 29 heavy (non-hydrogen) atoms. The molecular formula is C23H26N2O4. The zero-order chi connectivity index (χ0) is 21.4. The second kappa shape index (κ2) is 10.2. The highest BCUT2D eigenvalue weighted by molar-refractivity contribution is 6.06. The Kier molecular flexibility index (Phi) is 7.71. The zero-order valence-electron chi connectivity index (χ0n) is 16.8. The van der Waals surface area contributed by atoms with Crippen LogP contribution in [0.3, 0.4) is 0 Å². The van der Waals surface area contributed by atoms with E-state index in [-0.39, 0.29) is 18.0 Å². The fourth-order valence-electron chi connectivity index (χ4n) is 2.70. The van der Waals surface area contributed by atoms with Gasteiger partial charge in [-0.3, -0.25) is 9.59 Å². The maximum Gasteiger partial charge on any atom is 0.326 e. The Balaban J connectivity index is 2.28. The average Bonchev–Trinajstić information content (AvgIpc) is 2.67. The number of aryl methyl sites for hydroxylation is 1. The second-order valence-corrected chi connectivity index (χ2v) is 7.28. The number of carboxylic acids is 1. The molecule has 0 heterocycles. The minimum Gasteiger partial charge on any atom is -0.480 e. The lowest BCUT2D eigenvalue weighted by molar-refractivity contribution is -0.141. The molecule has 2 aromatic rings. The maximum absolute atomic E-state index is 12.8. The number of nitrogens with one attached hydrogen (secondary N) is 2. The molecule has 1 atom stereocenters. The molecule has 6 heteroatoms. The monoisotopic (exact) mass is 394 g/mol. The van der Waals surface area contributed by atoms with E-state index in [1.54, 1.807) is 36.4 Å². The smallest absolute Gasteiger partial charge is 0.326 e. The number of hydrogen-bond donors (Lipinski definition) is 3. The number of benzene rings is 2. The number of carbonyl (C=O) groups is 3. The van der Waals surface area contributed by atoms with Crippen molar-refractivity contribution in [2.45, 2.75) is 33.2 Å². The van der Waals surface area contributed by atoms with Gasteiger partial charge < -0.3 is 15.7 Å². The van der Waals surface area contributed by atoms with Gasteiger partial charge in [0.1, 0.15) is 11.7 Å². The van der Waals surface area contributed by atoms with Gasteiger partial charge in [-0.25, -0.2) is 4.79 Å². The molecule has 0 saturated carbocycles. The molecule has 2 aromatic carbocycles. The van der Waals surface area contributed by atoms with E-state index in [4.69, 9.17) is 0 Å². The van der Waals surface area contributed by atoms with E-state index in [2.05, 4.69) is 10.6 Å². The van der Waals surface area contributed by atoms with Crippen molar-refractivity contribution in [3.05, 3.63) is 77.0 Å². The Morgan fingerprint density at radius 2 is 1.62 bits per heavy atom. The third-order valence-corrected chi connectivity index (χ3v) is 4.23. The molecule has 0 aliphatic heterocycles. The van der Waals surface area contributed by atoms with Crippen molar-refractivity contribution in [3.8, 4) is 0 Å². The fraction of sp³-hybridized carbons (Fsp3) is 0.261. The predicted molar refractivity (Wildman–Crippen MR) is 112 cm³/mol. The lowest BCUT2D eigenvalue weighted by Crippen LogP contribution is -2.45. The standard InChI is InChI=1S/C23H26N2O4/c1-15(2)13-20(23(28)29)25-22(27)19(14-17-7-5-4-6-8-17)24-21(26)18-11-9-16(3)10-12-18/h4-12,14-15,20H,13H2,1-3H3,(H,24,26)(H,25,27)(H,28,29). The Morgan fingerprint density at radius 1 is 1.00 bits per heavy atom. The van der Waals surface area contributed by atoms with Gasteiger partial charge in [0, 0.05) is 5.56 Å². The molecule has 3 N–H and O–H groups in total. The van der Waals surface area contributed by atoms with Crippen LogP contribution in [0.5, 0.6) is 0 Å². The number of carboxylic acid groups (broad SMARTS) is 1. The van der Waals surface area contributed by atoms with Crippen molar-refractivity contribution < 1.29 is 19.5 Å².